The number of carbonyl (C=O) groups excluding carboxylic acids is 3. The van der Waals surface area contributed by atoms with E-state index in [4.69, 9.17) is 22.7 Å². The first-order valence-corrected chi connectivity index (χ1v) is 14.2. The van der Waals surface area contributed by atoms with Crippen LogP contribution < -0.4 is 11.1 Å². The van der Waals surface area contributed by atoms with E-state index in [1.165, 1.54) is 4.90 Å². The van der Waals surface area contributed by atoms with Crippen molar-refractivity contribution in [3.63, 3.8) is 0 Å². The predicted octanol–water partition coefficient (Wildman–Crippen LogP) is 4.79. The second-order valence-electron chi connectivity index (χ2n) is 10.8. The first-order valence-electron chi connectivity index (χ1n) is 13.8. The zero-order valence-corrected chi connectivity index (χ0v) is 24.5. The summed E-state index contributed by atoms with van der Waals surface area (Å²) in [4.78, 5) is 55.2. The van der Waals surface area contributed by atoms with Gasteiger partial charge in [0, 0.05) is 17.1 Å². The molecule has 0 aromatic heterocycles. The number of fused-ring (bicyclic) bond motifs is 1. The number of carboxylic acid groups (broad SMARTS) is 1. The van der Waals surface area contributed by atoms with E-state index in [2.05, 4.69) is 5.32 Å². The lowest BCUT2D eigenvalue weighted by Crippen LogP contribution is -2.44. The van der Waals surface area contributed by atoms with E-state index in [1.807, 2.05) is 42.5 Å². The molecule has 5 N–H and O–H groups in total. The number of amidine groups is 1. The van der Waals surface area contributed by atoms with Crippen LogP contribution in [-0.2, 0) is 26.5 Å². The predicted molar refractivity (Wildman–Crippen MR) is 166 cm³/mol. The second kappa shape index (κ2) is 12.2. The van der Waals surface area contributed by atoms with Crippen LogP contribution in [0.3, 0.4) is 0 Å². The SMILES string of the molecule is CC1(c2ccc(C(=N)N)cc2)C(=O)N(CC(=O)NC(CC(=O)O)c2ccc(Cl)cc2)C(=O)N1Cc1ccc2ccccc2c1. The molecule has 1 fully saturated rings. The molecular weight excluding hydrogens is 582 g/mol. The summed E-state index contributed by atoms with van der Waals surface area (Å²) in [6.45, 7) is 1.08. The van der Waals surface area contributed by atoms with E-state index in [0.29, 0.717) is 21.7 Å². The molecule has 10 nitrogen and oxygen atoms in total. The van der Waals surface area contributed by atoms with Gasteiger partial charge in [-0.15, -0.1) is 0 Å². The van der Waals surface area contributed by atoms with Gasteiger partial charge < -0.3 is 21.1 Å². The molecule has 11 heteroatoms. The van der Waals surface area contributed by atoms with Crippen molar-refractivity contribution in [1.82, 2.24) is 15.1 Å². The number of aliphatic carboxylic acids is 1. The van der Waals surface area contributed by atoms with Crippen LogP contribution in [0.1, 0.15) is 41.6 Å². The highest BCUT2D eigenvalue weighted by atomic mass is 35.5. The fourth-order valence-corrected chi connectivity index (χ4v) is 5.57. The summed E-state index contributed by atoms with van der Waals surface area (Å²) in [5, 5.41) is 22.3. The van der Waals surface area contributed by atoms with Crippen molar-refractivity contribution >= 4 is 52.0 Å². The van der Waals surface area contributed by atoms with Gasteiger partial charge in [-0.2, -0.15) is 0 Å². The third kappa shape index (κ3) is 5.97. The third-order valence-electron chi connectivity index (χ3n) is 7.86. The fraction of sp³-hybridized carbons (Fsp3) is 0.182. The number of hydrogen-bond acceptors (Lipinski definition) is 5. The molecule has 0 radical (unpaired) electrons. The van der Waals surface area contributed by atoms with Gasteiger partial charge in [-0.3, -0.25) is 24.7 Å². The van der Waals surface area contributed by atoms with Gasteiger partial charge >= 0.3 is 12.0 Å². The quantitative estimate of drug-likeness (QED) is 0.115. The lowest BCUT2D eigenvalue weighted by Gasteiger charge is -2.32. The number of carboxylic acids is 1. The number of nitrogens with zero attached hydrogens (tertiary/aromatic N) is 2. The second-order valence-corrected chi connectivity index (χ2v) is 11.2. The largest absolute Gasteiger partial charge is 0.481 e. The fourth-order valence-electron chi connectivity index (χ4n) is 5.45. The Bertz CT molecular complexity index is 1780. The molecule has 224 valence electrons. The summed E-state index contributed by atoms with van der Waals surface area (Å²) >= 11 is 5.97. The number of amides is 4. The average molecular weight is 612 g/mol. The molecule has 44 heavy (non-hydrogen) atoms. The molecule has 0 saturated carbocycles. The maximum Gasteiger partial charge on any atom is 0.328 e. The molecule has 1 heterocycles. The number of carbonyl (C=O) groups is 4. The molecule has 1 saturated heterocycles. The number of hydrogen-bond donors (Lipinski definition) is 4. The van der Waals surface area contributed by atoms with Crippen LogP contribution in [0.2, 0.25) is 5.02 Å². The molecule has 4 aromatic rings. The summed E-state index contributed by atoms with van der Waals surface area (Å²) < 4.78 is 0. The zero-order chi connectivity index (χ0) is 31.6. The molecule has 5 rings (SSSR count). The van der Waals surface area contributed by atoms with Crippen molar-refractivity contribution in [2.75, 3.05) is 6.54 Å². The molecule has 0 bridgehead atoms. The molecular formula is C33H30ClN5O5. The Labute approximate surface area is 258 Å². The molecule has 1 aliphatic rings. The minimum Gasteiger partial charge on any atom is -0.481 e. The maximum absolute atomic E-state index is 14.1. The molecule has 4 amide bonds. The molecule has 2 unspecified atom stereocenters. The van der Waals surface area contributed by atoms with Crippen molar-refractivity contribution in [3.8, 4) is 0 Å². The van der Waals surface area contributed by atoms with E-state index in [1.54, 1.807) is 55.5 Å². The van der Waals surface area contributed by atoms with Gasteiger partial charge in [-0.25, -0.2) is 4.79 Å². The molecule has 1 aliphatic heterocycles. The van der Waals surface area contributed by atoms with Gasteiger partial charge in [0.05, 0.1) is 12.5 Å². The van der Waals surface area contributed by atoms with Gasteiger partial charge in [-0.05, 0) is 52.6 Å². The normalized spacial score (nSPS) is 17.1. The molecule has 0 spiro atoms. The maximum atomic E-state index is 14.1. The zero-order valence-electron chi connectivity index (χ0n) is 23.8. The van der Waals surface area contributed by atoms with Crippen molar-refractivity contribution in [2.24, 2.45) is 5.73 Å². The van der Waals surface area contributed by atoms with Gasteiger partial charge in [-0.1, -0.05) is 84.4 Å². The molecule has 2 atom stereocenters. The van der Waals surface area contributed by atoms with E-state index in [-0.39, 0.29) is 12.4 Å². The average Bonchev–Trinajstić information content (AvgIpc) is 3.17. The Morgan fingerprint density at radius 2 is 1.64 bits per heavy atom. The van der Waals surface area contributed by atoms with Gasteiger partial charge in [0.25, 0.3) is 5.91 Å². The number of nitrogen functional groups attached to an aromatic ring is 1. The number of halogens is 1. The lowest BCUT2D eigenvalue weighted by atomic mass is 9.89. The van der Waals surface area contributed by atoms with E-state index < -0.39 is 48.4 Å². The summed E-state index contributed by atoms with van der Waals surface area (Å²) in [6.07, 6.45) is -0.413. The summed E-state index contributed by atoms with van der Waals surface area (Å²) in [7, 11) is 0. The Kier molecular flexibility index (Phi) is 8.37. The number of nitrogens with one attached hydrogen (secondary N) is 2. The Morgan fingerprint density at radius 3 is 2.27 bits per heavy atom. The van der Waals surface area contributed by atoms with Crippen LogP contribution in [0, 0.1) is 5.41 Å². The van der Waals surface area contributed by atoms with Crippen LogP contribution >= 0.6 is 11.6 Å². The number of rotatable bonds is 10. The van der Waals surface area contributed by atoms with Gasteiger partial charge in [0.15, 0.2) is 0 Å². The van der Waals surface area contributed by atoms with Crippen molar-refractivity contribution < 1.29 is 24.3 Å². The van der Waals surface area contributed by atoms with Gasteiger partial charge in [0.2, 0.25) is 5.91 Å². The first kappa shape index (κ1) is 30.2. The molecule has 4 aromatic carbocycles. The minimum absolute atomic E-state index is 0.0743. The minimum atomic E-state index is -1.49. The smallest absolute Gasteiger partial charge is 0.328 e. The van der Waals surface area contributed by atoms with E-state index >= 15 is 0 Å². The lowest BCUT2D eigenvalue weighted by molar-refractivity contribution is -0.139. The Balaban J connectivity index is 1.46. The Morgan fingerprint density at radius 1 is 0.977 bits per heavy atom. The highest BCUT2D eigenvalue weighted by Crippen LogP contribution is 2.39. The highest BCUT2D eigenvalue weighted by molar-refractivity contribution is 6.30. The van der Waals surface area contributed by atoms with Crippen LogP contribution in [-0.4, -0.2) is 51.1 Å². The van der Waals surface area contributed by atoms with Crippen molar-refractivity contribution in [1.29, 1.82) is 5.41 Å². The van der Waals surface area contributed by atoms with Crippen LogP contribution in [0.5, 0.6) is 0 Å². The number of imide groups is 1. The van der Waals surface area contributed by atoms with Crippen molar-refractivity contribution in [2.45, 2.75) is 31.5 Å². The number of nitrogens with two attached hydrogens (primary N) is 1. The van der Waals surface area contributed by atoms with Crippen LogP contribution in [0.25, 0.3) is 10.8 Å². The summed E-state index contributed by atoms with van der Waals surface area (Å²) in [5.74, 6) is -2.59. The highest BCUT2D eigenvalue weighted by Gasteiger charge is 2.55. The third-order valence-corrected chi connectivity index (χ3v) is 8.12. The van der Waals surface area contributed by atoms with Crippen LogP contribution in [0.4, 0.5) is 4.79 Å². The van der Waals surface area contributed by atoms with Crippen LogP contribution in [0.15, 0.2) is 91.0 Å². The summed E-state index contributed by atoms with van der Waals surface area (Å²) in [6, 6.07) is 24.8. The topological polar surface area (TPSA) is 157 Å². The number of urea groups is 1. The van der Waals surface area contributed by atoms with Gasteiger partial charge in [0.1, 0.15) is 17.9 Å². The Hall–Kier alpha value is -5.22. The summed E-state index contributed by atoms with van der Waals surface area (Å²) in [5.41, 5.74) is 6.37. The van der Waals surface area contributed by atoms with E-state index in [0.717, 1.165) is 21.2 Å². The number of benzene rings is 4. The molecule has 0 aliphatic carbocycles. The first-order chi connectivity index (χ1) is 21.0. The van der Waals surface area contributed by atoms with Crippen molar-refractivity contribution in [3.05, 3.63) is 118 Å². The monoisotopic (exact) mass is 611 g/mol. The van der Waals surface area contributed by atoms with E-state index in [9.17, 15) is 24.3 Å². The standard InChI is InChI=1S/C33H30ClN5O5/c1-33(25-12-8-23(9-13-25)30(35)36)31(43)38(19-28(40)37-27(17-29(41)42)22-10-14-26(34)15-11-22)32(44)39(33)18-20-6-7-21-4-2-3-5-24(21)16-20/h2-16,27H,17-19H2,1H3,(H3,35,36)(H,37,40)(H,41,42).